The zero-order chi connectivity index (χ0) is 21.3. The van der Waals surface area contributed by atoms with Gasteiger partial charge in [0.25, 0.3) is 5.56 Å². The fourth-order valence-corrected chi connectivity index (χ4v) is 4.57. The molecule has 0 spiro atoms. The topological polar surface area (TPSA) is 114 Å². The summed E-state index contributed by atoms with van der Waals surface area (Å²) in [6.45, 7) is -0.140. The molecule has 0 amide bonds. The van der Waals surface area contributed by atoms with Crippen LogP contribution in [0.4, 0.5) is 0 Å². The van der Waals surface area contributed by atoms with Gasteiger partial charge in [-0.3, -0.25) is 13.9 Å². The summed E-state index contributed by atoms with van der Waals surface area (Å²) in [6.07, 6.45) is -3.14. The first-order chi connectivity index (χ1) is 14.5. The van der Waals surface area contributed by atoms with E-state index in [4.69, 9.17) is 9.84 Å². The maximum absolute atomic E-state index is 13.0. The molecule has 2 aromatic heterocycles. The molecular formula is C21H22N2O6S. The van der Waals surface area contributed by atoms with Crippen molar-refractivity contribution in [2.24, 2.45) is 0 Å². The van der Waals surface area contributed by atoms with Crippen molar-refractivity contribution in [1.82, 2.24) is 9.13 Å². The van der Waals surface area contributed by atoms with Gasteiger partial charge in [-0.15, -0.1) is 11.3 Å². The van der Waals surface area contributed by atoms with Crippen LogP contribution >= 0.6 is 11.3 Å². The highest BCUT2D eigenvalue weighted by molar-refractivity contribution is 7.15. The van der Waals surface area contributed by atoms with Crippen molar-refractivity contribution in [1.29, 1.82) is 0 Å². The number of aliphatic hydroxyl groups is 3. The van der Waals surface area contributed by atoms with Crippen molar-refractivity contribution in [3.63, 3.8) is 0 Å². The minimum Gasteiger partial charge on any atom is -0.396 e. The lowest BCUT2D eigenvalue weighted by Gasteiger charge is -2.18. The molecule has 3 aromatic rings. The molecule has 30 heavy (non-hydrogen) atoms. The number of ether oxygens (including phenoxy) is 1. The second kappa shape index (κ2) is 8.66. The van der Waals surface area contributed by atoms with Crippen molar-refractivity contribution < 1.29 is 20.1 Å². The minimum absolute atomic E-state index is 0.0848. The quantitative estimate of drug-likeness (QED) is 0.533. The molecule has 0 bridgehead atoms. The predicted molar refractivity (Wildman–Crippen MR) is 111 cm³/mol. The molecule has 4 unspecified atom stereocenters. The first kappa shape index (κ1) is 20.7. The number of nitrogens with zero attached hydrogens (tertiary/aromatic N) is 2. The Hall–Kier alpha value is -2.56. The summed E-state index contributed by atoms with van der Waals surface area (Å²) in [5.74, 6) is 0. The highest BCUT2D eigenvalue weighted by atomic mass is 32.1. The maximum atomic E-state index is 13.0. The molecule has 4 rings (SSSR count). The zero-order valence-corrected chi connectivity index (χ0v) is 16.8. The van der Waals surface area contributed by atoms with E-state index in [9.17, 15) is 19.8 Å². The normalized spacial score (nSPS) is 23.7. The number of hydrogen-bond acceptors (Lipinski definition) is 7. The molecule has 158 valence electrons. The molecule has 9 heteroatoms. The van der Waals surface area contributed by atoms with Crippen LogP contribution in [-0.4, -0.2) is 49.4 Å². The smallest absolute Gasteiger partial charge is 0.333 e. The Labute approximate surface area is 175 Å². The van der Waals surface area contributed by atoms with Crippen LogP contribution < -0.4 is 11.2 Å². The number of thiophene rings is 1. The van der Waals surface area contributed by atoms with Gasteiger partial charge in [-0.1, -0.05) is 30.3 Å². The Morgan fingerprint density at radius 2 is 1.77 bits per heavy atom. The lowest BCUT2D eigenvalue weighted by molar-refractivity contribution is -0.0458. The van der Waals surface area contributed by atoms with E-state index >= 15 is 0 Å². The summed E-state index contributed by atoms with van der Waals surface area (Å²) < 4.78 is 7.77. The van der Waals surface area contributed by atoms with Crippen LogP contribution in [-0.2, 0) is 11.3 Å². The lowest BCUT2D eigenvalue weighted by atomic mass is 10.1. The number of hydrogen-bond donors (Lipinski definition) is 3. The highest BCUT2D eigenvalue weighted by Crippen LogP contribution is 2.30. The summed E-state index contributed by atoms with van der Waals surface area (Å²) >= 11 is 1.49. The Balaban J connectivity index is 1.62. The largest absolute Gasteiger partial charge is 0.396 e. The molecule has 1 aliphatic heterocycles. The lowest BCUT2D eigenvalue weighted by Crippen LogP contribution is -2.43. The Kier molecular flexibility index (Phi) is 5.98. The molecule has 1 fully saturated rings. The second-order valence-electron chi connectivity index (χ2n) is 7.12. The van der Waals surface area contributed by atoms with Gasteiger partial charge in [0, 0.05) is 28.6 Å². The predicted octanol–water partition coefficient (Wildman–Crippen LogP) is 0.788. The summed E-state index contributed by atoms with van der Waals surface area (Å²) in [6, 6.07) is 14.9. The fourth-order valence-electron chi connectivity index (χ4n) is 3.57. The third-order valence-electron chi connectivity index (χ3n) is 5.15. The van der Waals surface area contributed by atoms with E-state index in [0.717, 1.165) is 24.5 Å². The SMILES string of the molecule is O=c1ccn(C2OC(CCO)C(O)C2O)c(=O)n1Cc1ccc(-c2ccccc2)s1. The van der Waals surface area contributed by atoms with Gasteiger partial charge in [-0.05, 0) is 24.1 Å². The molecule has 1 saturated heterocycles. The molecule has 8 nitrogen and oxygen atoms in total. The van der Waals surface area contributed by atoms with Crippen LogP contribution in [0.2, 0.25) is 0 Å². The second-order valence-corrected chi connectivity index (χ2v) is 8.29. The Morgan fingerprint density at radius 3 is 2.50 bits per heavy atom. The molecule has 3 heterocycles. The first-order valence-corrected chi connectivity index (χ1v) is 10.4. The van der Waals surface area contributed by atoms with Crippen LogP contribution in [0.25, 0.3) is 10.4 Å². The van der Waals surface area contributed by atoms with E-state index in [1.165, 1.54) is 23.6 Å². The van der Waals surface area contributed by atoms with E-state index in [1.807, 2.05) is 42.5 Å². The van der Waals surface area contributed by atoms with Gasteiger partial charge in [-0.2, -0.15) is 0 Å². The third kappa shape index (κ3) is 3.90. The van der Waals surface area contributed by atoms with Crippen LogP contribution in [0.5, 0.6) is 0 Å². The molecular weight excluding hydrogens is 408 g/mol. The minimum atomic E-state index is -1.35. The average molecular weight is 430 g/mol. The van der Waals surface area contributed by atoms with Gasteiger partial charge < -0.3 is 20.1 Å². The van der Waals surface area contributed by atoms with Crippen LogP contribution in [0.1, 0.15) is 17.5 Å². The molecule has 1 aromatic carbocycles. The third-order valence-corrected chi connectivity index (χ3v) is 6.27. The average Bonchev–Trinajstić information content (AvgIpc) is 3.33. The number of aliphatic hydroxyl groups excluding tert-OH is 3. The fraction of sp³-hybridized carbons (Fsp3) is 0.333. The zero-order valence-electron chi connectivity index (χ0n) is 16.0. The van der Waals surface area contributed by atoms with Crippen LogP contribution in [0.3, 0.4) is 0 Å². The van der Waals surface area contributed by atoms with Crippen LogP contribution in [0, 0.1) is 0 Å². The molecule has 3 N–H and O–H groups in total. The van der Waals surface area contributed by atoms with E-state index in [1.54, 1.807) is 0 Å². The van der Waals surface area contributed by atoms with E-state index < -0.39 is 35.8 Å². The summed E-state index contributed by atoms with van der Waals surface area (Å²) in [7, 11) is 0. The number of aromatic nitrogens is 2. The standard InChI is InChI=1S/C21H22N2O6S/c24-11-9-15-18(26)19(27)20(29-15)22-10-8-17(25)23(21(22)28)12-14-6-7-16(30-14)13-4-2-1-3-5-13/h1-8,10,15,18-20,24,26-27H,9,11-12H2. The summed E-state index contributed by atoms with van der Waals surface area (Å²) in [5, 5.41) is 29.5. The van der Waals surface area contributed by atoms with E-state index in [2.05, 4.69) is 0 Å². The van der Waals surface area contributed by atoms with Crippen molar-refractivity contribution in [2.75, 3.05) is 6.61 Å². The highest BCUT2D eigenvalue weighted by Gasteiger charge is 2.43. The molecule has 0 aliphatic carbocycles. The Morgan fingerprint density at radius 1 is 1.00 bits per heavy atom. The van der Waals surface area contributed by atoms with Crippen molar-refractivity contribution in [3.05, 3.63) is 80.4 Å². The Bertz CT molecular complexity index is 1120. The first-order valence-electron chi connectivity index (χ1n) is 9.58. The van der Waals surface area contributed by atoms with Crippen molar-refractivity contribution >= 4 is 11.3 Å². The summed E-state index contributed by atoms with van der Waals surface area (Å²) in [4.78, 5) is 27.2. The van der Waals surface area contributed by atoms with Crippen molar-refractivity contribution in [3.8, 4) is 10.4 Å². The van der Waals surface area contributed by atoms with E-state index in [-0.39, 0.29) is 19.6 Å². The van der Waals surface area contributed by atoms with Gasteiger partial charge in [0.15, 0.2) is 6.23 Å². The molecule has 0 radical (unpaired) electrons. The maximum Gasteiger partial charge on any atom is 0.333 e. The summed E-state index contributed by atoms with van der Waals surface area (Å²) in [5.41, 5.74) is -0.0538. The number of benzene rings is 1. The molecule has 1 aliphatic rings. The monoisotopic (exact) mass is 430 g/mol. The number of rotatable bonds is 6. The van der Waals surface area contributed by atoms with Crippen molar-refractivity contribution in [2.45, 2.75) is 37.5 Å². The van der Waals surface area contributed by atoms with Crippen LogP contribution in [0.15, 0.2) is 64.3 Å². The van der Waals surface area contributed by atoms with Gasteiger partial charge in [-0.25, -0.2) is 4.79 Å². The van der Waals surface area contributed by atoms with Gasteiger partial charge in [0.05, 0.1) is 12.6 Å². The molecule has 4 atom stereocenters. The van der Waals surface area contributed by atoms with Gasteiger partial charge in [0.2, 0.25) is 0 Å². The van der Waals surface area contributed by atoms with Gasteiger partial charge >= 0.3 is 5.69 Å². The van der Waals surface area contributed by atoms with Gasteiger partial charge in [0.1, 0.15) is 12.2 Å². The van der Waals surface area contributed by atoms with E-state index in [0.29, 0.717) is 0 Å². The molecule has 0 saturated carbocycles.